The summed E-state index contributed by atoms with van der Waals surface area (Å²) in [5.41, 5.74) is 3.71. The van der Waals surface area contributed by atoms with Crippen molar-refractivity contribution in [3.05, 3.63) is 59.4 Å². The van der Waals surface area contributed by atoms with Gasteiger partial charge in [-0.25, -0.2) is 4.79 Å². The summed E-state index contributed by atoms with van der Waals surface area (Å²) in [6.07, 6.45) is 6.34. The van der Waals surface area contributed by atoms with Crippen molar-refractivity contribution in [3.8, 4) is 0 Å². The van der Waals surface area contributed by atoms with E-state index in [0.717, 1.165) is 35.6 Å². The Morgan fingerprint density at radius 1 is 1.07 bits per heavy atom. The summed E-state index contributed by atoms with van der Waals surface area (Å²) in [6.45, 7) is 8.62. The fraction of sp³-hybridized carbons (Fsp3) is 0.417. The molecule has 0 atom stereocenters. The lowest BCUT2D eigenvalue weighted by atomic mass is 10.1. The van der Waals surface area contributed by atoms with E-state index in [0.29, 0.717) is 19.5 Å². The number of aromatic nitrogens is 1. The van der Waals surface area contributed by atoms with Crippen LogP contribution in [0.15, 0.2) is 42.6 Å². The number of carbonyl (C=O) groups is 1. The summed E-state index contributed by atoms with van der Waals surface area (Å²) in [4.78, 5) is 20.7. The number of ether oxygens (including phenoxy) is 1. The Labute approximate surface area is 178 Å². The zero-order valence-electron chi connectivity index (χ0n) is 18.0. The molecule has 30 heavy (non-hydrogen) atoms. The van der Waals surface area contributed by atoms with E-state index in [-0.39, 0.29) is 12.7 Å². The van der Waals surface area contributed by atoms with Gasteiger partial charge in [-0.3, -0.25) is 4.98 Å². The highest BCUT2D eigenvalue weighted by Crippen LogP contribution is 2.18. The van der Waals surface area contributed by atoms with Gasteiger partial charge in [0.2, 0.25) is 0 Å². The van der Waals surface area contributed by atoms with Gasteiger partial charge < -0.3 is 19.6 Å². The molecule has 2 heterocycles. The van der Waals surface area contributed by atoms with Crippen LogP contribution < -0.4 is 4.90 Å². The number of hydrogen-bond acceptors (Lipinski definition) is 5. The van der Waals surface area contributed by atoms with Crippen molar-refractivity contribution >= 4 is 23.9 Å². The fourth-order valence-electron chi connectivity index (χ4n) is 3.26. The molecule has 1 aromatic heterocycles. The topological polar surface area (TPSA) is 65.9 Å². The van der Waals surface area contributed by atoms with Crippen molar-refractivity contribution in [2.45, 2.75) is 32.8 Å². The maximum Gasteiger partial charge on any atom is 0.410 e. The molecule has 0 unspecified atom stereocenters. The molecular formula is C24H31N3O3. The van der Waals surface area contributed by atoms with Crippen LogP contribution in [0.25, 0.3) is 12.2 Å². The molecule has 6 heteroatoms. The minimum absolute atomic E-state index is 0.168. The Balaban J connectivity index is 1.53. The Kier molecular flexibility index (Phi) is 7.11. The van der Waals surface area contributed by atoms with Crippen molar-refractivity contribution in [1.29, 1.82) is 0 Å². The Morgan fingerprint density at radius 3 is 2.33 bits per heavy atom. The summed E-state index contributed by atoms with van der Waals surface area (Å²) in [6, 6.07) is 12.2. The number of carbonyl (C=O) groups excluding carboxylic acids is 1. The molecule has 3 rings (SSSR count). The van der Waals surface area contributed by atoms with E-state index >= 15 is 0 Å². The van der Waals surface area contributed by atoms with E-state index in [1.165, 1.54) is 0 Å². The number of amides is 1. The molecule has 1 aromatic carbocycles. The molecule has 1 aliphatic rings. The summed E-state index contributed by atoms with van der Waals surface area (Å²) in [5.74, 6) is 0. The third-order valence-corrected chi connectivity index (χ3v) is 4.89. The first-order valence-corrected chi connectivity index (χ1v) is 10.4. The van der Waals surface area contributed by atoms with E-state index in [1.807, 2.05) is 69.5 Å². The van der Waals surface area contributed by atoms with Crippen LogP contribution in [0.3, 0.4) is 0 Å². The Morgan fingerprint density at radius 2 is 1.77 bits per heavy atom. The van der Waals surface area contributed by atoms with Crippen LogP contribution in [0.2, 0.25) is 0 Å². The van der Waals surface area contributed by atoms with Gasteiger partial charge in [-0.2, -0.15) is 0 Å². The maximum absolute atomic E-state index is 12.2. The zero-order chi connectivity index (χ0) is 21.6. The second-order valence-corrected chi connectivity index (χ2v) is 8.44. The van der Waals surface area contributed by atoms with Crippen molar-refractivity contribution < 1.29 is 14.6 Å². The van der Waals surface area contributed by atoms with Crippen LogP contribution >= 0.6 is 0 Å². The average Bonchev–Trinajstić information content (AvgIpc) is 2.73. The third-order valence-electron chi connectivity index (χ3n) is 4.89. The largest absolute Gasteiger partial charge is 0.444 e. The molecule has 6 nitrogen and oxygen atoms in total. The average molecular weight is 410 g/mol. The molecule has 160 valence electrons. The molecule has 1 amide bonds. The number of aliphatic hydroxyl groups excluding tert-OH is 1. The van der Waals surface area contributed by atoms with Gasteiger partial charge in [0.1, 0.15) is 5.60 Å². The van der Waals surface area contributed by atoms with E-state index in [2.05, 4.69) is 16.0 Å². The highest BCUT2D eigenvalue weighted by Gasteiger charge is 2.25. The van der Waals surface area contributed by atoms with Crippen LogP contribution in [0.1, 0.15) is 37.6 Å². The smallest absolute Gasteiger partial charge is 0.410 e. The number of hydrogen-bond donors (Lipinski definition) is 1. The van der Waals surface area contributed by atoms with Gasteiger partial charge in [-0.05, 0) is 56.5 Å². The van der Waals surface area contributed by atoms with Crippen LogP contribution in [0.4, 0.5) is 10.5 Å². The number of rotatable bonds is 5. The number of benzene rings is 1. The number of pyridine rings is 1. The van der Waals surface area contributed by atoms with Crippen molar-refractivity contribution in [2.24, 2.45) is 0 Å². The molecular weight excluding hydrogens is 378 g/mol. The highest BCUT2D eigenvalue weighted by atomic mass is 16.6. The standard InChI is InChI=1S/C24H31N3O3/c1-24(2,3)30-23(29)27-15-13-26(14-16-27)22-11-10-21(25-18-22)9-8-19-4-6-20(7-5-19)12-17-28/h4-11,18,28H,12-17H2,1-3H3. The van der Waals surface area contributed by atoms with Crippen molar-refractivity contribution in [3.63, 3.8) is 0 Å². The SMILES string of the molecule is CC(C)(C)OC(=O)N1CCN(c2ccc(C=Cc3ccc(CCO)cc3)nc2)CC1. The van der Waals surface area contributed by atoms with Crippen molar-refractivity contribution in [1.82, 2.24) is 9.88 Å². The second-order valence-electron chi connectivity index (χ2n) is 8.44. The summed E-state index contributed by atoms with van der Waals surface area (Å²) in [5, 5.41) is 8.99. The second kappa shape index (κ2) is 9.76. The van der Waals surface area contributed by atoms with Gasteiger partial charge in [0.05, 0.1) is 17.6 Å². The first-order valence-electron chi connectivity index (χ1n) is 10.4. The molecule has 1 aliphatic heterocycles. The predicted octanol–water partition coefficient (Wildman–Crippen LogP) is 3.84. The predicted molar refractivity (Wildman–Crippen MR) is 120 cm³/mol. The minimum atomic E-state index is -0.469. The molecule has 0 aliphatic carbocycles. The molecule has 2 aromatic rings. The lowest BCUT2D eigenvalue weighted by Crippen LogP contribution is -2.50. The first kappa shape index (κ1) is 21.8. The number of piperazine rings is 1. The van der Waals surface area contributed by atoms with Gasteiger partial charge in [0, 0.05) is 32.8 Å². The first-order chi connectivity index (χ1) is 14.3. The van der Waals surface area contributed by atoms with Gasteiger partial charge in [-0.15, -0.1) is 0 Å². The van der Waals surface area contributed by atoms with E-state index in [4.69, 9.17) is 9.84 Å². The molecule has 1 saturated heterocycles. The van der Waals surface area contributed by atoms with Crippen molar-refractivity contribution in [2.75, 3.05) is 37.7 Å². The molecule has 0 spiro atoms. The van der Waals surface area contributed by atoms with Gasteiger partial charge in [0.15, 0.2) is 0 Å². The van der Waals surface area contributed by atoms with Gasteiger partial charge in [-0.1, -0.05) is 30.3 Å². The van der Waals surface area contributed by atoms with E-state index < -0.39 is 5.60 Å². The zero-order valence-corrected chi connectivity index (χ0v) is 18.0. The van der Waals surface area contributed by atoms with E-state index in [1.54, 1.807) is 4.90 Å². The summed E-state index contributed by atoms with van der Waals surface area (Å²) < 4.78 is 5.45. The molecule has 0 radical (unpaired) electrons. The summed E-state index contributed by atoms with van der Waals surface area (Å²) in [7, 11) is 0. The van der Waals surface area contributed by atoms with Crippen LogP contribution in [-0.4, -0.2) is 59.5 Å². The van der Waals surface area contributed by atoms with Gasteiger partial charge >= 0.3 is 6.09 Å². The minimum Gasteiger partial charge on any atom is -0.444 e. The normalized spacial score (nSPS) is 14.9. The fourth-order valence-corrected chi connectivity index (χ4v) is 3.26. The third kappa shape index (κ3) is 6.32. The van der Waals surface area contributed by atoms with Crippen LogP contribution in [0, 0.1) is 0 Å². The highest BCUT2D eigenvalue weighted by molar-refractivity contribution is 5.69. The molecule has 0 bridgehead atoms. The lowest BCUT2D eigenvalue weighted by Gasteiger charge is -2.36. The number of anilines is 1. The molecule has 1 N–H and O–H groups in total. The van der Waals surface area contributed by atoms with Crippen LogP contribution in [-0.2, 0) is 11.2 Å². The quantitative estimate of drug-likeness (QED) is 0.813. The molecule has 0 saturated carbocycles. The number of nitrogens with zero attached hydrogens (tertiary/aromatic N) is 3. The summed E-state index contributed by atoms with van der Waals surface area (Å²) >= 11 is 0. The lowest BCUT2D eigenvalue weighted by molar-refractivity contribution is 0.0240. The molecule has 1 fully saturated rings. The van der Waals surface area contributed by atoms with E-state index in [9.17, 15) is 4.79 Å². The monoisotopic (exact) mass is 409 g/mol. The number of aliphatic hydroxyl groups is 1. The Hall–Kier alpha value is -2.86. The Bertz CT molecular complexity index is 847. The van der Waals surface area contributed by atoms with Crippen LogP contribution in [0.5, 0.6) is 0 Å². The van der Waals surface area contributed by atoms with Gasteiger partial charge in [0.25, 0.3) is 0 Å². The maximum atomic E-state index is 12.2.